The van der Waals surface area contributed by atoms with Crippen LogP contribution in [0, 0.1) is 46.3 Å². The quantitative estimate of drug-likeness (QED) is 0.299. The van der Waals surface area contributed by atoms with E-state index in [0.29, 0.717) is 33.1 Å². The minimum atomic E-state index is -0.0766. The second kappa shape index (κ2) is 12.3. The Kier molecular flexibility index (Phi) is 8.83. The Balaban J connectivity index is 0.000000181. The lowest BCUT2D eigenvalue weighted by atomic mass is 9.47. The van der Waals surface area contributed by atoms with Crippen molar-refractivity contribution in [2.75, 3.05) is 0 Å². The van der Waals surface area contributed by atoms with Crippen LogP contribution in [-0.4, -0.2) is 22.8 Å². The second-order valence-corrected chi connectivity index (χ2v) is 15.9. The number of rotatable bonds is 5. The molecule has 1 N–H and O–H groups in total. The Hall–Kier alpha value is -2.52. The van der Waals surface area contributed by atoms with E-state index >= 15 is 0 Å². The van der Waals surface area contributed by atoms with Crippen LogP contribution in [0.2, 0.25) is 0 Å². The van der Waals surface area contributed by atoms with E-state index in [1.165, 1.54) is 57.8 Å². The summed E-state index contributed by atoms with van der Waals surface area (Å²) < 4.78 is 0. The standard InChI is InChI=1S/C27H46O.C14H8O2/c1-18(2)7-6-8-19(3)23-11-12-24-22-10-9-20-17-21(28)13-15-26(20,4)25(22)14-16-27(23,24)5;15-13-9-5-1-2-6-10(9)14(16)12-8-4-3-7-11(12)13/h9,18-19,21-25,28H,6-8,10-17H2,1-5H3;1-8H/t19?,21-,22-,23+,24-,25-,26-,27+;/m0./s1. The smallest absolute Gasteiger partial charge is 0.194 e. The molecule has 236 valence electrons. The molecule has 3 heteroatoms. The minimum absolute atomic E-state index is 0.0641. The number of allylic oxidation sites excluding steroid dienone is 1. The molecule has 0 heterocycles. The minimum Gasteiger partial charge on any atom is -0.393 e. The number of hydrogen-bond donors (Lipinski definition) is 1. The van der Waals surface area contributed by atoms with E-state index in [-0.39, 0.29) is 17.7 Å². The van der Waals surface area contributed by atoms with Gasteiger partial charge in [0.15, 0.2) is 11.6 Å². The predicted octanol–water partition coefficient (Wildman–Crippen LogP) is 9.85. The third-order valence-corrected chi connectivity index (χ3v) is 13.1. The van der Waals surface area contributed by atoms with Crippen molar-refractivity contribution in [1.29, 1.82) is 0 Å². The van der Waals surface area contributed by atoms with Gasteiger partial charge in [-0.1, -0.05) is 114 Å². The van der Waals surface area contributed by atoms with Gasteiger partial charge in [0.1, 0.15) is 0 Å². The molecule has 3 fully saturated rings. The van der Waals surface area contributed by atoms with Crippen LogP contribution in [0.1, 0.15) is 137 Å². The summed E-state index contributed by atoms with van der Waals surface area (Å²) in [5, 5.41) is 10.2. The highest BCUT2D eigenvalue weighted by atomic mass is 16.3. The van der Waals surface area contributed by atoms with Crippen LogP contribution < -0.4 is 0 Å². The molecule has 0 amide bonds. The van der Waals surface area contributed by atoms with Crippen LogP contribution in [-0.2, 0) is 0 Å². The van der Waals surface area contributed by atoms with E-state index in [0.717, 1.165) is 48.3 Å². The summed E-state index contributed by atoms with van der Waals surface area (Å²) in [6.45, 7) is 12.6. The second-order valence-electron chi connectivity index (χ2n) is 15.9. The SMILES string of the molecule is CC(C)CCCC(C)[C@H]1CC[C@H]2[C@@H]3CC=C4C[C@@H](O)CC[C@]4(C)[C@H]3CC[C@]12C.O=C1c2ccccc2C(=O)c2ccccc21. The molecule has 0 spiro atoms. The lowest BCUT2D eigenvalue weighted by Crippen LogP contribution is -2.50. The number of hydrogen-bond acceptors (Lipinski definition) is 3. The topological polar surface area (TPSA) is 54.4 Å². The van der Waals surface area contributed by atoms with Gasteiger partial charge in [-0.2, -0.15) is 0 Å². The lowest BCUT2D eigenvalue weighted by Gasteiger charge is -2.58. The fourth-order valence-electron chi connectivity index (χ4n) is 10.7. The van der Waals surface area contributed by atoms with Gasteiger partial charge in [-0.3, -0.25) is 9.59 Å². The molecule has 2 aromatic carbocycles. The number of carbonyl (C=O) groups excluding carboxylic acids is 2. The first-order valence-corrected chi connectivity index (χ1v) is 17.7. The highest BCUT2D eigenvalue weighted by Gasteiger charge is 2.59. The molecule has 44 heavy (non-hydrogen) atoms. The highest BCUT2D eigenvalue weighted by Crippen LogP contribution is 2.67. The summed E-state index contributed by atoms with van der Waals surface area (Å²) in [5.41, 5.74) is 4.63. The fraction of sp³-hybridized carbons (Fsp3) is 0.610. The lowest BCUT2D eigenvalue weighted by molar-refractivity contribution is -0.0573. The zero-order chi connectivity index (χ0) is 31.2. The van der Waals surface area contributed by atoms with Gasteiger partial charge in [0.25, 0.3) is 0 Å². The van der Waals surface area contributed by atoms with Crippen molar-refractivity contribution in [3.8, 4) is 0 Å². The third-order valence-electron chi connectivity index (χ3n) is 13.1. The molecule has 8 atom stereocenters. The maximum absolute atomic E-state index is 12.1. The monoisotopic (exact) mass is 594 g/mol. The first kappa shape index (κ1) is 31.5. The normalized spacial score (nSPS) is 34.4. The highest BCUT2D eigenvalue weighted by molar-refractivity contribution is 6.28. The molecule has 5 aliphatic carbocycles. The summed E-state index contributed by atoms with van der Waals surface area (Å²) >= 11 is 0. The average molecular weight is 595 g/mol. The van der Waals surface area contributed by atoms with E-state index in [2.05, 4.69) is 40.7 Å². The maximum Gasteiger partial charge on any atom is 0.194 e. The van der Waals surface area contributed by atoms with Crippen LogP contribution in [0.3, 0.4) is 0 Å². The Bertz CT molecular complexity index is 1310. The Morgan fingerprint density at radius 3 is 1.93 bits per heavy atom. The molecule has 0 aromatic heterocycles. The van der Waals surface area contributed by atoms with Crippen LogP contribution in [0.5, 0.6) is 0 Å². The van der Waals surface area contributed by atoms with Crippen LogP contribution in [0.25, 0.3) is 0 Å². The van der Waals surface area contributed by atoms with Crippen molar-refractivity contribution in [1.82, 2.24) is 0 Å². The molecule has 0 bridgehead atoms. The summed E-state index contributed by atoms with van der Waals surface area (Å²) in [7, 11) is 0. The number of aliphatic hydroxyl groups is 1. The third kappa shape index (κ3) is 5.46. The number of aliphatic hydroxyl groups excluding tert-OH is 1. The van der Waals surface area contributed by atoms with E-state index < -0.39 is 0 Å². The summed E-state index contributed by atoms with van der Waals surface area (Å²) in [6, 6.07) is 13.9. The van der Waals surface area contributed by atoms with Crippen molar-refractivity contribution in [3.63, 3.8) is 0 Å². The van der Waals surface area contributed by atoms with Crippen molar-refractivity contribution < 1.29 is 14.7 Å². The first-order valence-electron chi connectivity index (χ1n) is 17.7. The molecule has 3 nitrogen and oxygen atoms in total. The Morgan fingerprint density at radius 2 is 1.36 bits per heavy atom. The summed E-state index contributed by atoms with van der Waals surface area (Å²) in [5.74, 6) is 5.33. The van der Waals surface area contributed by atoms with Crippen LogP contribution in [0.4, 0.5) is 0 Å². The molecule has 2 aromatic rings. The Morgan fingerprint density at radius 1 is 0.773 bits per heavy atom. The number of benzene rings is 2. The van der Waals surface area contributed by atoms with Gasteiger partial charge in [-0.15, -0.1) is 0 Å². The van der Waals surface area contributed by atoms with Gasteiger partial charge in [-0.05, 0) is 97.7 Å². The summed E-state index contributed by atoms with van der Waals surface area (Å²) in [4.78, 5) is 24.2. The molecular weight excluding hydrogens is 540 g/mol. The molecule has 1 unspecified atom stereocenters. The molecule has 3 saturated carbocycles. The molecule has 0 aliphatic heterocycles. The number of ketones is 2. The van der Waals surface area contributed by atoms with Crippen molar-refractivity contribution in [3.05, 3.63) is 82.4 Å². The zero-order valence-corrected chi connectivity index (χ0v) is 27.8. The van der Waals surface area contributed by atoms with Crippen molar-refractivity contribution in [2.24, 2.45) is 46.3 Å². The van der Waals surface area contributed by atoms with Gasteiger partial charge >= 0.3 is 0 Å². The molecule has 7 rings (SSSR count). The largest absolute Gasteiger partial charge is 0.393 e. The van der Waals surface area contributed by atoms with E-state index in [9.17, 15) is 14.7 Å². The fourth-order valence-corrected chi connectivity index (χ4v) is 10.7. The van der Waals surface area contributed by atoms with E-state index in [1.54, 1.807) is 54.1 Å². The van der Waals surface area contributed by atoms with E-state index in [4.69, 9.17) is 0 Å². The zero-order valence-electron chi connectivity index (χ0n) is 27.8. The van der Waals surface area contributed by atoms with Gasteiger partial charge in [0, 0.05) is 22.3 Å². The Labute approximate surface area is 265 Å². The van der Waals surface area contributed by atoms with Crippen LogP contribution in [0.15, 0.2) is 60.2 Å². The van der Waals surface area contributed by atoms with Crippen LogP contribution >= 0.6 is 0 Å². The van der Waals surface area contributed by atoms with Gasteiger partial charge in [-0.25, -0.2) is 0 Å². The number of fused-ring (bicyclic) bond motifs is 7. The summed E-state index contributed by atoms with van der Waals surface area (Å²) in [6.07, 6.45) is 17.2. The van der Waals surface area contributed by atoms with Crippen molar-refractivity contribution >= 4 is 11.6 Å². The molecule has 0 radical (unpaired) electrons. The maximum atomic E-state index is 12.1. The average Bonchev–Trinajstić information content (AvgIpc) is 3.38. The van der Waals surface area contributed by atoms with Gasteiger partial charge in [0.05, 0.1) is 6.10 Å². The first-order chi connectivity index (χ1) is 21.0. The molecule has 0 saturated heterocycles. The predicted molar refractivity (Wildman–Crippen MR) is 179 cm³/mol. The van der Waals surface area contributed by atoms with E-state index in [1.807, 2.05) is 0 Å². The van der Waals surface area contributed by atoms with Crippen molar-refractivity contribution in [2.45, 2.75) is 111 Å². The van der Waals surface area contributed by atoms with Gasteiger partial charge < -0.3 is 5.11 Å². The number of carbonyl (C=O) groups is 2. The van der Waals surface area contributed by atoms with Gasteiger partial charge in [0.2, 0.25) is 0 Å². The molecular formula is C41H54O3. The molecule has 5 aliphatic rings.